The van der Waals surface area contributed by atoms with E-state index in [4.69, 9.17) is 10.2 Å². The van der Waals surface area contributed by atoms with Crippen LogP contribution < -0.4 is 0 Å². The van der Waals surface area contributed by atoms with Crippen LogP contribution in [-0.4, -0.2) is 22.8 Å². The summed E-state index contributed by atoms with van der Waals surface area (Å²) in [7, 11) is 0. The molecule has 0 aromatic heterocycles. The van der Waals surface area contributed by atoms with Gasteiger partial charge in [0.1, 0.15) is 11.5 Å². The summed E-state index contributed by atoms with van der Waals surface area (Å²) in [4.78, 5) is 9.82. The van der Waals surface area contributed by atoms with Crippen LogP contribution in [0.25, 0.3) is 0 Å². The van der Waals surface area contributed by atoms with Crippen molar-refractivity contribution in [1.29, 1.82) is 0 Å². The largest absolute Gasteiger partial charge is 0.508 e. The molecule has 14 heavy (non-hydrogen) atoms. The summed E-state index contributed by atoms with van der Waals surface area (Å²) in [5, 5.41) is 17.3. The Bertz CT molecular complexity index is 245. The van der Waals surface area contributed by atoms with Gasteiger partial charge in [0.2, 0.25) is 0 Å². The lowest BCUT2D eigenvalue weighted by Gasteiger charge is -1.89. The van der Waals surface area contributed by atoms with Crippen molar-refractivity contribution in [2.75, 3.05) is 6.61 Å². The van der Waals surface area contributed by atoms with Crippen molar-refractivity contribution in [3.05, 3.63) is 24.3 Å². The number of benzene rings is 1. The van der Waals surface area contributed by atoms with Crippen molar-refractivity contribution in [3.63, 3.8) is 0 Å². The second kappa shape index (κ2) is 6.77. The fraction of sp³-hybridized carbons (Fsp3) is 0.300. The highest BCUT2D eigenvalue weighted by Gasteiger charge is 1.84. The monoisotopic (exact) mass is 198 g/mol. The quantitative estimate of drug-likeness (QED) is 0.532. The van der Waals surface area contributed by atoms with Crippen molar-refractivity contribution >= 4 is 5.97 Å². The van der Waals surface area contributed by atoms with Gasteiger partial charge < -0.3 is 14.9 Å². The van der Waals surface area contributed by atoms with E-state index in [1.165, 1.54) is 31.2 Å². The molecule has 0 aliphatic heterocycles. The summed E-state index contributed by atoms with van der Waals surface area (Å²) < 4.78 is 4.40. The van der Waals surface area contributed by atoms with Crippen LogP contribution in [0.3, 0.4) is 0 Å². The van der Waals surface area contributed by atoms with Crippen molar-refractivity contribution in [3.8, 4) is 11.5 Å². The first kappa shape index (κ1) is 12.3. The lowest BCUT2D eigenvalue weighted by atomic mass is 10.3. The van der Waals surface area contributed by atoms with Crippen LogP contribution in [0.5, 0.6) is 11.5 Å². The second-order valence-electron chi connectivity index (χ2n) is 2.44. The molecular formula is C10H14O4. The third kappa shape index (κ3) is 6.97. The van der Waals surface area contributed by atoms with Crippen LogP contribution in [0.2, 0.25) is 0 Å². The normalized spacial score (nSPS) is 8.43. The van der Waals surface area contributed by atoms with E-state index >= 15 is 0 Å². The maximum Gasteiger partial charge on any atom is 0.302 e. The van der Waals surface area contributed by atoms with Crippen LogP contribution in [0, 0.1) is 0 Å². The molecule has 0 aliphatic carbocycles. The first-order valence-electron chi connectivity index (χ1n) is 4.17. The van der Waals surface area contributed by atoms with Crippen molar-refractivity contribution < 1.29 is 19.7 Å². The fourth-order valence-electron chi connectivity index (χ4n) is 0.656. The number of phenolic OH excluding ortho intramolecular Hbond substituents is 2. The molecule has 78 valence electrons. The number of aromatic hydroxyl groups is 2. The van der Waals surface area contributed by atoms with Gasteiger partial charge in [-0.2, -0.15) is 0 Å². The maximum atomic E-state index is 9.82. The molecule has 1 aromatic rings. The molecule has 0 spiro atoms. The highest BCUT2D eigenvalue weighted by molar-refractivity contribution is 5.65. The molecule has 0 saturated carbocycles. The van der Waals surface area contributed by atoms with Gasteiger partial charge in [-0.25, -0.2) is 0 Å². The van der Waals surface area contributed by atoms with E-state index in [0.717, 1.165) is 0 Å². The molecule has 0 fully saturated rings. The maximum absolute atomic E-state index is 9.82. The van der Waals surface area contributed by atoms with Crippen molar-refractivity contribution in [1.82, 2.24) is 0 Å². The third-order valence-electron chi connectivity index (χ3n) is 1.20. The highest BCUT2D eigenvalue weighted by atomic mass is 16.5. The number of carbonyl (C=O) groups is 1. The molecule has 0 unspecified atom stereocenters. The predicted octanol–water partition coefficient (Wildman–Crippen LogP) is 1.67. The summed E-state index contributed by atoms with van der Waals surface area (Å²) in [5.41, 5.74) is 0. The molecule has 4 heteroatoms. The van der Waals surface area contributed by atoms with Crippen LogP contribution in [0.1, 0.15) is 13.8 Å². The third-order valence-corrected chi connectivity index (χ3v) is 1.20. The van der Waals surface area contributed by atoms with E-state index in [1.54, 1.807) is 6.92 Å². The predicted molar refractivity (Wildman–Crippen MR) is 52.1 cm³/mol. The van der Waals surface area contributed by atoms with Crippen LogP contribution in [0.15, 0.2) is 24.3 Å². The van der Waals surface area contributed by atoms with E-state index in [1.807, 2.05) is 0 Å². The van der Waals surface area contributed by atoms with Gasteiger partial charge in [0, 0.05) is 6.92 Å². The number of hydrogen-bond acceptors (Lipinski definition) is 4. The Balaban J connectivity index is 0.000000255. The molecule has 0 amide bonds. The molecule has 0 bridgehead atoms. The lowest BCUT2D eigenvalue weighted by Crippen LogP contribution is -1.95. The summed E-state index contributed by atoms with van der Waals surface area (Å²) in [6.07, 6.45) is 0. The minimum atomic E-state index is -0.211. The zero-order valence-corrected chi connectivity index (χ0v) is 8.23. The van der Waals surface area contributed by atoms with Crippen molar-refractivity contribution in [2.24, 2.45) is 0 Å². The van der Waals surface area contributed by atoms with Gasteiger partial charge in [-0.05, 0) is 31.2 Å². The smallest absolute Gasteiger partial charge is 0.302 e. The second-order valence-corrected chi connectivity index (χ2v) is 2.44. The van der Waals surface area contributed by atoms with E-state index in [9.17, 15) is 4.79 Å². The summed E-state index contributed by atoms with van der Waals surface area (Å²) in [6.45, 7) is 3.65. The van der Waals surface area contributed by atoms with Crippen LogP contribution in [0.4, 0.5) is 0 Å². The van der Waals surface area contributed by atoms with Crippen LogP contribution in [-0.2, 0) is 9.53 Å². The minimum absolute atomic E-state index is 0.169. The van der Waals surface area contributed by atoms with Gasteiger partial charge in [0.15, 0.2) is 0 Å². The Hall–Kier alpha value is -1.71. The number of ether oxygens (including phenoxy) is 1. The van der Waals surface area contributed by atoms with Crippen LogP contribution >= 0.6 is 0 Å². The Morgan fingerprint density at radius 2 is 1.57 bits per heavy atom. The van der Waals surface area contributed by atoms with Gasteiger partial charge in [0.25, 0.3) is 0 Å². The summed E-state index contributed by atoms with van der Waals surface area (Å²) in [6, 6.07) is 5.70. The number of carbonyl (C=O) groups excluding carboxylic acids is 1. The first-order chi connectivity index (χ1) is 6.56. The molecule has 0 atom stereocenters. The van der Waals surface area contributed by atoms with Gasteiger partial charge in [-0.3, -0.25) is 4.79 Å². The van der Waals surface area contributed by atoms with Gasteiger partial charge >= 0.3 is 5.97 Å². The van der Waals surface area contributed by atoms with E-state index in [0.29, 0.717) is 6.61 Å². The van der Waals surface area contributed by atoms with Gasteiger partial charge in [-0.1, -0.05) is 0 Å². The van der Waals surface area contributed by atoms with Crippen molar-refractivity contribution in [2.45, 2.75) is 13.8 Å². The Morgan fingerprint density at radius 3 is 1.71 bits per heavy atom. The van der Waals surface area contributed by atoms with Gasteiger partial charge in [-0.15, -0.1) is 0 Å². The standard InChI is InChI=1S/C6H6O2.C4H8O2/c7-5-1-2-6(8)4-3-5;1-3-6-4(2)5/h1-4,7-8H;3H2,1-2H3. The molecule has 1 rings (SSSR count). The molecule has 0 saturated heterocycles. The van der Waals surface area contributed by atoms with E-state index in [2.05, 4.69) is 4.74 Å². The van der Waals surface area contributed by atoms with Gasteiger partial charge in [0.05, 0.1) is 6.61 Å². The average Bonchev–Trinajstić information content (AvgIpc) is 2.11. The number of phenols is 2. The topological polar surface area (TPSA) is 66.8 Å². The Labute approximate surface area is 82.8 Å². The zero-order valence-electron chi connectivity index (χ0n) is 8.23. The molecule has 4 nitrogen and oxygen atoms in total. The lowest BCUT2D eigenvalue weighted by molar-refractivity contribution is -0.140. The Morgan fingerprint density at radius 1 is 1.21 bits per heavy atom. The molecule has 1 aromatic carbocycles. The minimum Gasteiger partial charge on any atom is -0.508 e. The average molecular weight is 198 g/mol. The SMILES string of the molecule is CCOC(C)=O.Oc1ccc(O)cc1. The van der Waals surface area contributed by atoms with E-state index < -0.39 is 0 Å². The molecule has 2 N–H and O–H groups in total. The molecule has 0 heterocycles. The highest BCUT2D eigenvalue weighted by Crippen LogP contribution is 2.13. The molecular weight excluding hydrogens is 184 g/mol. The number of hydrogen-bond donors (Lipinski definition) is 2. The molecule has 0 aliphatic rings. The summed E-state index contributed by atoms with van der Waals surface area (Å²) in [5.74, 6) is 0.128. The number of esters is 1. The van der Waals surface area contributed by atoms with E-state index in [-0.39, 0.29) is 17.5 Å². The molecule has 0 radical (unpaired) electrons. The fourth-order valence-corrected chi connectivity index (χ4v) is 0.656. The summed E-state index contributed by atoms with van der Waals surface area (Å²) >= 11 is 0. The first-order valence-corrected chi connectivity index (χ1v) is 4.17. The number of rotatable bonds is 1. The zero-order chi connectivity index (χ0) is 11.0. The Kier molecular flexibility index (Phi) is 5.94.